The summed E-state index contributed by atoms with van der Waals surface area (Å²) in [5, 5.41) is 1.14. The third kappa shape index (κ3) is 4.11. The molecule has 36 heavy (non-hydrogen) atoms. The molecule has 0 aromatic carbocycles. The number of amides is 1. The molecule has 4 heterocycles. The molecule has 3 atom stereocenters. The number of fused-ring (bicyclic) bond motifs is 1. The van der Waals surface area contributed by atoms with Crippen LogP contribution >= 0.6 is 0 Å². The van der Waals surface area contributed by atoms with Crippen molar-refractivity contribution < 1.29 is 22.2 Å². The Bertz CT molecular complexity index is 1450. The minimum Gasteiger partial charge on any atom is -0.386 e. The SMILES string of the molecule is CC#Cc1ccc(C(=O)Nc2ccc(F)c([C@@]3(C)N=C(N)C(C)(C)[S@@]4(=O)=NCC(F)(F)C[C@H]34)n2)nc1. The first-order chi connectivity index (χ1) is 16.7. The van der Waals surface area contributed by atoms with Crippen molar-refractivity contribution in [2.45, 2.75) is 55.6 Å². The van der Waals surface area contributed by atoms with E-state index in [1.165, 1.54) is 39.1 Å². The van der Waals surface area contributed by atoms with Crippen LogP contribution in [-0.4, -0.2) is 48.4 Å². The van der Waals surface area contributed by atoms with Gasteiger partial charge in [0.2, 0.25) is 0 Å². The minimum atomic E-state index is -3.42. The Morgan fingerprint density at radius 1 is 1.22 bits per heavy atom. The Morgan fingerprint density at radius 2 is 1.94 bits per heavy atom. The Labute approximate surface area is 207 Å². The zero-order valence-corrected chi connectivity index (χ0v) is 20.9. The number of aliphatic imine (C=N–C) groups is 1. The van der Waals surface area contributed by atoms with Crippen LogP contribution in [0, 0.1) is 17.7 Å². The number of anilines is 1. The van der Waals surface area contributed by atoms with Gasteiger partial charge in [0.25, 0.3) is 11.8 Å². The van der Waals surface area contributed by atoms with Gasteiger partial charge in [0.1, 0.15) is 45.7 Å². The number of carbonyl (C=O) groups excluding carboxylic acids is 1. The molecule has 0 aliphatic carbocycles. The van der Waals surface area contributed by atoms with Crippen LogP contribution in [0.3, 0.4) is 0 Å². The van der Waals surface area contributed by atoms with E-state index in [0.29, 0.717) is 5.56 Å². The first-order valence-electron chi connectivity index (χ1n) is 11.1. The monoisotopic (exact) mass is 518 g/mol. The highest BCUT2D eigenvalue weighted by Gasteiger charge is 2.60. The van der Waals surface area contributed by atoms with Gasteiger partial charge in [0.15, 0.2) is 0 Å². The maximum Gasteiger partial charge on any atom is 0.275 e. The van der Waals surface area contributed by atoms with Crippen molar-refractivity contribution >= 4 is 27.3 Å². The van der Waals surface area contributed by atoms with Crippen molar-refractivity contribution in [3.05, 3.63) is 53.2 Å². The molecule has 190 valence electrons. The van der Waals surface area contributed by atoms with Gasteiger partial charge in [-0.15, -0.1) is 5.92 Å². The number of hydrogen-bond acceptors (Lipinski definition) is 7. The lowest BCUT2D eigenvalue weighted by molar-refractivity contribution is -0.00686. The molecule has 0 fully saturated rings. The van der Waals surface area contributed by atoms with E-state index in [4.69, 9.17) is 5.73 Å². The predicted molar refractivity (Wildman–Crippen MR) is 131 cm³/mol. The van der Waals surface area contributed by atoms with Crippen LogP contribution in [0.15, 0.2) is 39.8 Å². The average molecular weight is 519 g/mol. The third-order valence-electron chi connectivity index (χ3n) is 6.52. The molecule has 3 N–H and O–H groups in total. The number of pyridine rings is 2. The topological polar surface area (TPSA) is 123 Å². The summed E-state index contributed by atoms with van der Waals surface area (Å²) in [5.74, 6) is 0.611. The third-order valence-corrected chi connectivity index (χ3v) is 10.1. The van der Waals surface area contributed by atoms with E-state index in [2.05, 4.69) is 36.5 Å². The molecule has 1 amide bonds. The lowest BCUT2D eigenvalue weighted by Gasteiger charge is -2.48. The fourth-order valence-corrected chi connectivity index (χ4v) is 7.56. The number of carbonyl (C=O) groups is 1. The number of hydrogen-bond donors (Lipinski definition) is 2. The zero-order valence-electron chi connectivity index (χ0n) is 20.1. The van der Waals surface area contributed by atoms with Gasteiger partial charge in [-0.2, -0.15) is 0 Å². The zero-order chi connectivity index (χ0) is 26.5. The van der Waals surface area contributed by atoms with Crippen LogP contribution in [0.5, 0.6) is 0 Å². The molecule has 2 aliphatic rings. The number of nitrogens with two attached hydrogens (primary N) is 1. The van der Waals surface area contributed by atoms with E-state index in [9.17, 15) is 17.8 Å². The van der Waals surface area contributed by atoms with Crippen LogP contribution in [0.1, 0.15) is 55.9 Å². The number of alkyl halides is 2. The molecule has 0 bridgehead atoms. The van der Waals surface area contributed by atoms with Gasteiger partial charge in [0, 0.05) is 18.2 Å². The molecule has 2 aliphatic heterocycles. The number of amidine groups is 1. The second-order valence-electron chi connectivity index (χ2n) is 9.35. The molecule has 0 spiro atoms. The molecule has 0 radical (unpaired) electrons. The molecular formula is C24H25F3N6O2S. The lowest BCUT2D eigenvalue weighted by Crippen LogP contribution is -2.62. The fourth-order valence-electron chi connectivity index (χ4n) is 4.36. The van der Waals surface area contributed by atoms with Crippen molar-refractivity contribution in [3.63, 3.8) is 0 Å². The van der Waals surface area contributed by atoms with Gasteiger partial charge in [-0.3, -0.25) is 9.79 Å². The molecule has 0 saturated heterocycles. The number of rotatable bonds is 3. The van der Waals surface area contributed by atoms with Crippen LogP contribution in [0.2, 0.25) is 0 Å². The maximum atomic E-state index is 15.2. The van der Waals surface area contributed by atoms with Gasteiger partial charge in [-0.25, -0.2) is 31.7 Å². The smallest absolute Gasteiger partial charge is 0.275 e. The summed E-state index contributed by atoms with van der Waals surface area (Å²) in [6, 6.07) is 5.33. The van der Waals surface area contributed by atoms with Crippen LogP contribution in [0.4, 0.5) is 19.0 Å². The lowest BCUT2D eigenvalue weighted by atomic mass is 9.88. The van der Waals surface area contributed by atoms with E-state index >= 15 is 4.39 Å². The van der Waals surface area contributed by atoms with E-state index in [0.717, 1.165) is 6.07 Å². The van der Waals surface area contributed by atoms with Crippen LogP contribution in [-0.2, 0) is 15.3 Å². The highest BCUT2D eigenvalue weighted by Crippen LogP contribution is 2.49. The van der Waals surface area contributed by atoms with Crippen LogP contribution in [0.25, 0.3) is 0 Å². The van der Waals surface area contributed by atoms with Gasteiger partial charge in [-0.05, 0) is 52.0 Å². The number of halogens is 3. The minimum absolute atomic E-state index is 0.0611. The summed E-state index contributed by atoms with van der Waals surface area (Å²) in [7, 11) is -3.42. The summed E-state index contributed by atoms with van der Waals surface area (Å²) >= 11 is 0. The largest absolute Gasteiger partial charge is 0.386 e. The van der Waals surface area contributed by atoms with Gasteiger partial charge in [0.05, 0.1) is 15.0 Å². The van der Waals surface area contributed by atoms with Crippen molar-refractivity contribution in [1.29, 1.82) is 0 Å². The number of nitrogens with zero attached hydrogens (tertiary/aromatic N) is 4. The molecule has 0 saturated carbocycles. The molecule has 8 nitrogen and oxygen atoms in total. The molecule has 12 heteroatoms. The Hall–Kier alpha value is -3.46. The highest BCUT2D eigenvalue weighted by molar-refractivity contribution is 7.96. The summed E-state index contributed by atoms with van der Waals surface area (Å²) in [4.78, 5) is 25.3. The van der Waals surface area contributed by atoms with Crippen LogP contribution < -0.4 is 11.1 Å². The first-order valence-corrected chi connectivity index (χ1v) is 12.6. The average Bonchev–Trinajstić information content (AvgIpc) is 2.81. The number of aromatic nitrogens is 2. The van der Waals surface area contributed by atoms with Gasteiger partial charge < -0.3 is 11.1 Å². The van der Waals surface area contributed by atoms with Gasteiger partial charge >= 0.3 is 0 Å². The molecule has 2 aromatic heterocycles. The summed E-state index contributed by atoms with van der Waals surface area (Å²) in [6.45, 7) is 5.17. The van der Waals surface area contributed by atoms with E-state index in [-0.39, 0.29) is 23.0 Å². The molecule has 4 rings (SSSR count). The van der Waals surface area contributed by atoms with Crippen molar-refractivity contribution in [1.82, 2.24) is 9.97 Å². The quantitative estimate of drug-likeness (QED) is 0.603. The van der Waals surface area contributed by atoms with E-state index in [1.807, 2.05) is 0 Å². The molecular weight excluding hydrogens is 493 g/mol. The molecule has 2 aromatic rings. The van der Waals surface area contributed by atoms with Crippen molar-refractivity contribution in [2.75, 3.05) is 11.9 Å². The van der Waals surface area contributed by atoms with Crippen molar-refractivity contribution in [3.8, 4) is 11.8 Å². The second-order valence-corrected chi connectivity index (χ2v) is 12.3. The summed E-state index contributed by atoms with van der Waals surface area (Å²) in [6.07, 6.45) is 0.598. The Balaban J connectivity index is 1.77. The van der Waals surface area contributed by atoms with Crippen molar-refractivity contribution in [2.24, 2.45) is 15.1 Å². The standard InChI is InChI=1S/C24H25F3N6O2S/c1-5-6-14-7-9-16(29-12-14)20(34)32-18-10-8-15(25)19(31-18)23(4)17-11-24(26,27)13-30-36(17,35)22(2,3)21(28)33-23/h7-10,12,17H,11,13H2,1-4H3,(H2,28,33)(H,31,32,34)/t17-,23+,36-/m1/s1. The van der Waals surface area contributed by atoms with Gasteiger partial charge in [-0.1, -0.05) is 5.92 Å². The Morgan fingerprint density at radius 3 is 2.58 bits per heavy atom. The first kappa shape index (κ1) is 25.6. The van der Waals surface area contributed by atoms with E-state index < -0.39 is 55.9 Å². The summed E-state index contributed by atoms with van der Waals surface area (Å²) in [5.41, 5.74) is 4.64. The molecule has 0 unspecified atom stereocenters. The Kier molecular flexibility index (Phi) is 6.11. The predicted octanol–water partition coefficient (Wildman–Crippen LogP) is 3.48. The second kappa shape index (κ2) is 8.58. The maximum absolute atomic E-state index is 15.2. The fraction of sp³-hybridized carbons (Fsp3) is 0.417. The van der Waals surface area contributed by atoms with E-state index in [1.54, 1.807) is 13.0 Å². The number of nitrogens with one attached hydrogen (secondary N) is 1. The summed E-state index contributed by atoms with van der Waals surface area (Å²) < 4.78 is 60.8. The highest BCUT2D eigenvalue weighted by atomic mass is 32.2. The normalized spacial score (nSPS) is 28.0.